The molecule has 0 rings (SSSR count). The van der Waals surface area contributed by atoms with Crippen LogP contribution in [0.15, 0.2) is 24.3 Å². The summed E-state index contributed by atoms with van der Waals surface area (Å²) in [5.41, 5.74) is 0. The number of carbonyl (C=O) groups is 3. The number of hydrogen-bond donors (Lipinski definition) is 0. The van der Waals surface area contributed by atoms with Crippen LogP contribution < -0.4 is 0 Å². The summed E-state index contributed by atoms with van der Waals surface area (Å²) in [6, 6.07) is 0. The highest BCUT2D eigenvalue weighted by atomic mass is 16.5. The number of unbranched alkanes of at least 4 members (excludes halogenated alkanes) is 12. The number of ether oxygens (including phenoxy) is 3. The van der Waals surface area contributed by atoms with Gasteiger partial charge in [-0.25, -0.2) is 0 Å². The van der Waals surface area contributed by atoms with Crippen molar-refractivity contribution < 1.29 is 28.6 Å². The van der Waals surface area contributed by atoms with Crippen molar-refractivity contribution in [3.8, 4) is 0 Å². The van der Waals surface area contributed by atoms with Gasteiger partial charge in [0.2, 0.25) is 0 Å². The highest BCUT2D eigenvalue weighted by Gasteiger charge is 2.14. The van der Waals surface area contributed by atoms with E-state index in [1.807, 2.05) is 26.2 Å². The van der Waals surface area contributed by atoms with Crippen LogP contribution >= 0.6 is 0 Å². The third-order valence-electron chi connectivity index (χ3n) is 7.56. The van der Waals surface area contributed by atoms with Crippen molar-refractivity contribution >= 4 is 17.9 Å². The van der Waals surface area contributed by atoms with Crippen LogP contribution in [0, 0.1) is 0 Å². The van der Waals surface area contributed by atoms with Crippen LogP contribution in [0.1, 0.15) is 155 Å². The van der Waals surface area contributed by atoms with Gasteiger partial charge >= 0.3 is 17.9 Å². The summed E-state index contributed by atoms with van der Waals surface area (Å²) in [6.45, 7) is 5.97. The molecule has 0 amide bonds. The van der Waals surface area contributed by atoms with E-state index in [0.29, 0.717) is 32.5 Å². The topological polar surface area (TPSA) is 82.1 Å². The molecule has 0 saturated carbocycles. The second kappa shape index (κ2) is 32.2. The number of allylic oxidation sites excluding steroid dienone is 2. The molecular formula is C37H67NO6. The Bertz CT molecular complexity index is 700. The lowest BCUT2D eigenvalue weighted by Crippen LogP contribution is -2.20. The number of carbonyl (C=O) groups excluding carboxylic acids is 3. The lowest BCUT2D eigenvalue weighted by Gasteiger charge is -2.18. The van der Waals surface area contributed by atoms with E-state index in [0.717, 1.165) is 103 Å². The summed E-state index contributed by atoms with van der Waals surface area (Å²) in [7, 11) is 4.03. The number of rotatable bonds is 31. The Morgan fingerprint density at radius 1 is 0.545 bits per heavy atom. The van der Waals surface area contributed by atoms with Gasteiger partial charge in [0.1, 0.15) is 19.3 Å². The van der Waals surface area contributed by atoms with Gasteiger partial charge < -0.3 is 19.1 Å². The zero-order valence-corrected chi connectivity index (χ0v) is 29.0. The van der Waals surface area contributed by atoms with Crippen LogP contribution in [0.2, 0.25) is 0 Å². The zero-order chi connectivity index (χ0) is 32.5. The van der Waals surface area contributed by atoms with E-state index in [2.05, 4.69) is 30.9 Å². The molecule has 0 spiro atoms. The molecule has 256 valence electrons. The minimum atomic E-state index is -0.114. The summed E-state index contributed by atoms with van der Waals surface area (Å²) >= 11 is 0. The van der Waals surface area contributed by atoms with Gasteiger partial charge in [-0.1, -0.05) is 102 Å². The molecule has 0 bridgehead atoms. The highest BCUT2D eigenvalue weighted by Crippen LogP contribution is 2.18. The average Bonchev–Trinajstić information content (AvgIpc) is 2.99. The molecule has 0 heterocycles. The molecule has 0 N–H and O–H groups in total. The first-order chi connectivity index (χ1) is 21.4. The van der Waals surface area contributed by atoms with E-state index in [1.165, 1.54) is 25.7 Å². The van der Waals surface area contributed by atoms with E-state index in [9.17, 15) is 14.4 Å². The SMILES string of the molecule is CCCC/C=C\COC(=O)CCCCCCCC(CCCCCCCC(=O)OC/C=C\CCCC)OC(=O)CCCN(C)C. The predicted molar refractivity (Wildman–Crippen MR) is 182 cm³/mol. The molecule has 0 atom stereocenters. The zero-order valence-electron chi connectivity index (χ0n) is 29.0. The van der Waals surface area contributed by atoms with Crippen LogP contribution in [-0.4, -0.2) is 62.8 Å². The normalized spacial score (nSPS) is 11.7. The molecule has 0 saturated heterocycles. The second-order valence-electron chi connectivity index (χ2n) is 12.2. The van der Waals surface area contributed by atoms with Crippen LogP contribution in [0.25, 0.3) is 0 Å². The summed E-state index contributed by atoms with van der Waals surface area (Å²) < 4.78 is 16.4. The van der Waals surface area contributed by atoms with Crippen molar-refractivity contribution in [2.45, 2.75) is 161 Å². The smallest absolute Gasteiger partial charge is 0.306 e. The Labute approximate surface area is 270 Å². The van der Waals surface area contributed by atoms with Gasteiger partial charge in [-0.2, -0.15) is 0 Å². The molecule has 0 aliphatic heterocycles. The standard InChI is InChI=1S/C37H67NO6/c1-5-7-9-17-23-32-42-35(39)28-21-15-11-13-19-26-34(44-37(41)30-25-31-38(3)4)27-20-14-12-16-22-29-36(40)43-33-24-18-10-8-6-2/h17-18,23-24,34H,5-16,19-22,25-33H2,1-4H3/b23-17-,24-18-. The summed E-state index contributed by atoms with van der Waals surface area (Å²) in [5.74, 6) is -0.317. The minimum absolute atomic E-state index is 0.0254. The Balaban J connectivity index is 4.14. The molecule has 0 aliphatic rings. The van der Waals surface area contributed by atoms with Crippen molar-refractivity contribution in [2.24, 2.45) is 0 Å². The quantitative estimate of drug-likeness (QED) is 0.0330. The summed E-state index contributed by atoms with van der Waals surface area (Å²) in [5, 5.41) is 0. The van der Waals surface area contributed by atoms with Crippen molar-refractivity contribution in [1.82, 2.24) is 4.90 Å². The lowest BCUT2D eigenvalue weighted by atomic mass is 10.0. The first-order valence-electron chi connectivity index (χ1n) is 17.8. The maximum absolute atomic E-state index is 12.5. The second-order valence-corrected chi connectivity index (χ2v) is 12.2. The summed E-state index contributed by atoms with van der Waals surface area (Å²) in [6.07, 6.45) is 28.9. The number of nitrogens with zero attached hydrogens (tertiary/aromatic N) is 1. The maximum Gasteiger partial charge on any atom is 0.306 e. The number of esters is 3. The Kier molecular flexibility index (Phi) is 30.7. The van der Waals surface area contributed by atoms with Gasteiger partial charge in [-0.3, -0.25) is 14.4 Å². The van der Waals surface area contributed by atoms with Gasteiger partial charge in [0.25, 0.3) is 0 Å². The third kappa shape index (κ3) is 31.3. The molecule has 44 heavy (non-hydrogen) atoms. The Morgan fingerprint density at radius 2 is 0.977 bits per heavy atom. The molecule has 0 aromatic heterocycles. The average molecular weight is 622 g/mol. The molecule has 0 aromatic carbocycles. The maximum atomic E-state index is 12.5. The monoisotopic (exact) mass is 621 g/mol. The first kappa shape index (κ1) is 41.9. The van der Waals surface area contributed by atoms with Crippen molar-refractivity contribution in [2.75, 3.05) is 33.9 Å². The fourth-order valence-electron chi connectivity index (χ4n) is 4.83. The molecule has 7 nitrogen and oxygen atoms in total. The van der Waals surface area contributed by atoms with Crippen LogP contribution in [0.4, 0.5) is 0 Å². The van der Waals surface area contributed by atoms with E-state index < -0.39 is 0 Å². The largest absolute Gasteiger partial charge is 0.462 e. The van der Waals surface area contributed by atoms with Gasteiger partial charge in [-0.05, 0) is 78.4 Å². The fourth-order valence-corrected chi connectivity index (χ4v) is 4.83. The molecular weight excluding hydrogens is 554 g/mol. The Hall–Kier alpha value is -2.15. The van der Waals surface area contributed by atoms with Crippen molar-refractivity contribution in [3.63, 3.8) is 0 Å². The first-order valence-corrected chi connectivity index (χ1v) is 17.8. The van der Waals surface area contributed by atoms with Gasteiger partial charge in [0.15, 0.2) is 0 Å². The van der Waals surface area contributed by atoms with E-state index >= 15 is 0 Å². The van der Waals surface area contributed by atoms with Gasteiger partial charge in [0, 0.05) is 19.3 Å². The van der Waals surface area contributed by atoms with Crippen molar-refractivity contribution in [3.05, 3.63) is 24.3 Å². The lowest BCUT2D eigenvalue weighted by molar-refractivity contribution is -0.150. The van der Waals surface area contributed by atoms with E-state index in [-0.39, 0.29) is 24.0 Å². The molecule has 0 unspecified atom stereocenters. The number of hydrogen-bond acceptors (Lipinski definition) is 7. The van der Waals surface area contributed by atoms with Gasteiger partial charge in [-0.15, -0.1) is 0 Å². The molecule has 7 heteroatoms. The van der Waals surface area contributed by atoms with E-state index in [1.54, 1.807) is 0 Å². The third-order valence-corrected chi connectivity index (χ3v) is 7.56. The molecule has 0 aliphatic carbocycles. The minimum Gasteiger partial charge on any atom is -0.462 e. The van der Waals surface area contributed by atoms with Crippen LogP contribution in [0.3, 0.4) is 0 Å². The van der Waals surface area contributed by atoms with E-state index in [4.69, 9.17) is 14.2 Å². The summed E-state index contributed by atoms with van der Waals surface area (Å²) in [4.78, 5) is 38.3. The van der Waals surface area contributed by atoms with Crippen LogP contribution in [0.5, 0.6) is 0 Å². The predicted octanol–water partition coefficient (Wildman–Crippen LogP) is 9.28. The molecule has 0 radical (unpaired) electrons. The Morgan fingerprint density at radius 3 is 1.43 bits per heavy atom. The fraction of sp³-hybridized carbons (Fsp3) is 0.811. The highest BCUT2D eigenvalue weighted by molar-refractivity contribution is 5.70. The van der Waals surface area contributed by atoms with Crippen LogP contribution in [-0.2, 0) is 28.6 Å². The van der Waals surface area contributed by atoms with Gasteiger partial charge in [0.05, 0.1) is 0 Å². The van der Waals surface area contributed by atoms with Crippen molar-refractivity contribution in [1.29, 1.82) is 0 Å². The molecule has 0 fully saturated rings. The molecule has 0 aromatic rings.